The number of ether oxygens (including phenoxy) is 1. The minimum Gasteiger partial charge on any atom is -0.493 e. The molecular formula is C15H22Cl2N2O3. The van der Waals surface area contributed by atoms with E-state index in [2.05, 4.69) is 10.6 Å². The second-order valence-corrected chi connectivity index (χ2v) is 5.62. The third kappa shape index (κ3) is 5.02. The maximum Gasteiger partial charge on any atom is 0.255 e. The molecule has 0 radical (unpaired) electrons. The summed E-state index contributed by atoms with van der Waals surface area (Å²) in [7, 11) is 0. The zero-order valence-corrected chi connectivity index (χ0v) is 14.0. The fourth-order valence-corrected chi connectivity index (χ4v) is 2.44. The van der Waals surface area contributed by atoms with Crippen LogP contribution in [0.15, 0.2) is 18.2 Å². The van der Waals surface area contributed by atoms with Gasteiger partial charge < -0.3 is 20.5 Å². The number of amides is 1. The zero-order valence-electron chi connectivity index (χ0n) is 12.5. The van der Waals surface area contributed by atoms with Crippen LogP contribution in [0.4, 0.5) is 0 Å². The van der Waals surface area contributed by atoms with Crippen LogP contribution in [0.3, 0.4) is 0 Å². The summed E-state index contributed by atoms with van der Waals surface area (Å²) in [5.41, 5.74) is 0.427. The molecule has 1 aromatic carbocycles. The summed E-state index contributed by atoms with van der Waals surface area (Å²) in [6.07, 6.45) is 0.448. The van der Waals surface area contributed by atoms with Crippen LogP contribution in [0.1, 0.15) is 23.7 Å². The van der Waals surface area contributed by atoms with Gasteiger partial charge in [0.05, 0.1) is 18.3 Å². The van der Waals surface area contributed by atoms with Gasteiger partial charge in [0.25, 0.3) is 5.91 Å². The first-order valence-electron chi connectivity index (χ1n) is 7.21. The van der Waals surface area contributed by atoms with E-state index in [1.54, 1.807) is 18.2 Å². The Hall–Kier alpha value is -1.01. The second-order valence-electron chi connectivity index (χ2n) is 5.18. The average molecular weight is 349 g/mol. The van der Waals surface area contributed by atoms with Crippen molar-refractivity contribution >= 4 is 29.9 Å². The predicted molar refractivity (Wildman–Crippen MR) is 89.2 cm³/mol. The lowest BCUT2D eigenvalue weighted by Gasteiger charge is -2.16. The smallest absolute Gasteiger partial charge is 0.255 e. The minimum atomic E-state index is -0.416. The molecule has 7 heteroatoms. The van der Waals surface area contributed by atoms with Crippen molar-refractivity contribution in [3.8, 4) is 5.75 Å². The average Bonchev–Trinajstić information content (AvgIpc) is 2.88. The number of β-amino-alcohol motifs (C(OH)–C–C–N with tert-alkyl or cyclic N) is 1. The third-order valence-electron chi connectivity index (χ3n) is 3.48. The van der Waals surface area contributed by atoms with E-state index in [0.717, 1.165) is 6.42 Å². The predicted octanol–water partition coefficient (Wildman–Crippen LogP) is 1.86. The lowest BCUT2D eigenvalue weighted by Crippen LogP contribution is -2.34. The summed E-state index contributed by atoms with van der Waals surface area (Å²) in [6.45, 7) is 4.25. The maximum absolute atomic E-state index is 12.3. The van der Waals surface area contributed by atoms with Crippen molar-refractivity contribution < 1.29 is 14.6 Å². The fraction of sp³-hybridized carbons (Fsp3) is 0.533. The van der Waals surface area contributed by atoms with E-state index in [9.17, 15) is 9.90 Å². The molecule has 1 aliphatic heterocycles. The van der Waals surface area contributed by atoms with Gasteiger partial charge in [-0.05, 0) is 24.6 Å². The maximum atomic E-state index is 12.3. The van der Waals surface area contributed by atoms with Gasteiger partial charge in [0.15, 0.2) is 0 Å². The van der Waals surface area contributed by atoms with Crippen LogP contribution in [0.5, 0.6) is 5.75 Å². The van der Waals surface area contributed by atoms with Crippen LogP contribution in [-0.4, -0.2) is 43.4 Å². The van der Waals surface area contributed by atoms with Crippen molar-refractivity contribution in [2.75, 3.05) is 26.2 Å². The van der Waals surface area contributed by atoms with Gasteiger partial charge in [-0.2, -0.15) is 0 Å². The molecule has 5 nitrogen and oxygen atoms in total. The Balaban J connectivity index is 0.00000242. The fourth-order valence-electron chi connectivity index (χ4n) is 2.26. The monoisotopic (exact) mass is 348 g/mol. The van der Waals surface area contributed by atoms with Gasteiger partial charge in [-0.1, -0.05) is 18.5 Å². The lowest BCUT2D eigenvalue weighted by molar-refractivity contribution is 0.0923. The number of halogens is 2. The Morgan fingerprint density at radius 1 is 1.50 bits per heavy atom. The van der Waals surface area contributed by atoms with Crippen molar-refractivity contribution in [3.05, 3.63) is 28.8 Å². The summed E-state index contributed by atoms with van der Waals surface area (Å²) >= 11 is 5.96. The topological polar surface area (TPSA) is 70.6 Å². The SMILES string of the molecule is CCCOc1ccc(Cl)cc1C(=O)NCC1CNCC1O.Cl. The number of carbonyl (C=O) groups is 1. The van der Waals surface area contributed by atoms with Crippen molar-refractivity contribution in [1.82, 2.24) is 10.6 Å². The molecule has 0 saturated carbocycles. The number of aliphatic hydroxyl groups is 1. The van der Waals surface area contributed by atoms with Gasteiger partial charge in [-0.3, -0.25) is 4.79 Å². The largest absolute Gasteiger partial charge is 0.493 e. The third-order valence-corrected chi connectivity index (χ3v) is 3.71. The van der Waals surface area contributed by atoms with Crippen molar-refractivity contribution in [3.63, 3.8) is 0 Å². The Morgan fingerprint density at radius 2 is 2.27 bits per heavy atom. The van der Waals surface area contributed by atoms with Crippen molar-refractivity contribution in [2.24, 2.45) is 5.92 Å². The molecule has 3 N–H and O–H groups in total. The first-order chi connectivity index (χ1) is 10.1. The van der Waals surface area contributed by atoms with E-state index in [1.807, 2.05) is 6.92 Å². The standard InChI is InChI=1S/C15H21ClN2O3.ClH/c1-2-5-21-14-4-3-11(16)6-12(14)15(20)18-8-10-7-17-9-13(10)19;/h3-4,6,10,13,17,19H,2,5,7-9H2,1H3,(H,18,20);1H. The number of rotatable bonds is 6. The van der Waals surface area contributed by atoms with Gasteiger partial charge in [-0.25, -0.2) is 0 Å². The van der Waals surface area contributed by atoms with Crippen LogP contribution in [0, 0.1) is 5.92 Å². The highest BCUT2D eigenvalue weighted by molar-refractivity contribution is 6.31. The van der Waals surface area contributed by atoms with E-state index >= 15 is 0 Å². The molecule has 2 atom stereocenters. The Morgan fingerprint density at radius 3 is 2.91 bits per heavy atom. The molecule has 1 aromatic rings. The number of nitrogens with one attached hydrogen (secondary N) is 2. The molecule has 22 heavy (non-hydrogen) atoms. The van der Waals surface area contributed by atoms with E-state index < -0.39 is 6.10 Å². The summed E-state index contributed by atoms with van der Waals surface area (Å²) in [5.74, 6) is 0.333. The number of hydrogen-bond donors (Lipinski definition) is 3. The Kier molecular flexibility index (Phi) is 7.96. The van der Waals surface area contributed by atoms with E-state index in [1.165, 1.54) is 0 Å². The number of hydrogen-bond acceptors (Lipinski definition) is 4. The summed E-state index contributed by atoms with van der Waals surface area (Å²) in [6, 6.07) is 5.01. The van der Waals surface area contributed by atoms with Gasteiger partial charge >= 0.3 is 0 Å². The first kappa shape index (κ1) is 19.0. The lowest BCUT2D eigenvalue weighted by atomic mass is 10.1. The van der Waals surface area contributed by atoms with Gasteiger partial charge in [0.1, 0.15) is 5.75 Å². The van der Waals surface area contributed by atoms with Crippen LogP contribution < -0.4 is 15.4 Å². The Bertz CT molecular complexity index is 500. The second kappa shape index (κ2) is 9.20. The van der Waals surface area contributed by atoms with E-state index in [0.29, 0.717) is 42.6 Å². The Labute approximate surface area is 141 Å². The highest BCUT2D eigenvalue weighted by atomic mass is 35.5. The van der Waals surface area contributed by atoms with Gasteiger partial charge in [0.2, 0.25) is 0 Å². The molecule has 1 aliphatic rings. The number of aliphatic hydroxyl groups excluding tert-OH is 1. The van der Waals surface area contributed by atoms with Crippen molar-refractivity contribution in [1.29, 1.82) is 0 Å². The van der Waals surface area contributed by atoms with Crippen LogP contribution >= 0.6 is 24.0 Å². The molecule has 1 heterocycles. The van der Waals surface area contributed by atoms with Crippen molar-refractivity contribution in [2.45, 2.75) is 19.4 Å². The van der Waals surface area contributed by atoms with E-state index in [4.69, 9.17) is 16.3 Å². The van der Waals surface area contributed by atoms with Gasteiger partial charge in [-0.15, -0.1) is 12.4 Å². The summed E-state index contributed by atoms with van der Waals surface area (Å²) in [4.78, 5) is 12.3. The summed E-state index contributed by atoms with van der Waals surface area (Å²) in [5, 5.41) is 16.1. The quantitative estimate of drug-likeness (QED) is 0.733. The minimum absolute atomic E-state index is 0. The highest BCUT2D eigenvalue weighted by Gasteiger charge is 2.25. The molecule has 1 amide bonds. The first-order valence-corrected chi connectivity index (χ1v) is 7.59. The normalized spacial score (nSPS) is 20.3. The molecular weight excluding hydrogens is 327 g/mol. The molecule has 1 fully saturated rings. The molecule has 124 valence electrons. The van der Waals surface area contributed by atoms with Crippen LogP contribution in [0.25, 0.3) is 0 Å². The van der Waals surface area contributed by atoms with Gasteiger partial charge in [0, 0.05) is 30.6 Å². The molecule has 2 unspecified atom stereocenters. The molecule has 0 spiro atoms. The molecule has 2 rings (SSSR count). The van der Waals surface area contributed by atoms with E-state index in [-0.39, 0.29) is 24.2 Å². The zero-order chi connectivity index (χ0) is 15.2. The summed E-state index contributed by atoms with van der Waals surface area (Å²) < 4.78 is 5.57. The molecule has 0 bridgehead atoms. The number of benzene rings is 1. The van der Waals surface area contributed by atoms with Crippen LogP contribution in [0.2, 0.25) is 5.02 Å². The highest BCUT2D eigenvalue weighted by Crippen LogP contribution is 2.23. The van der Waals surface area contributed by atoms with Crippen LogP contribution in [-0.2, 0) is 0 Å². The molecule has 0 aliphatic carbocycles. The molecule has 1 saturated heterocycles. The number of carbonyl (C=O) groups excluding carboxylic acids is 1. The molecule has 0 aromatic heterocycles.